The van der Waals surface area contributed by atoms with Crippen molar-refractivity contribution < 1.29 is 4.52 Å². The Morgan fingerprint density at radius 3 is 3.12 bits per heavy atom. The highest BCUT2D eigenvalue weighted by Gasteiger charge is 2.12. The molecule has 1 N–H and O–H groups in total. The first kappa shape index (κ1) is 9.81. The highest BCUT2D eigenvalue weighted by molar-refractivity contribution is 7.13. The molecule has 3 rings (SSSR count). The van der Waals surface area contributed by atoms with Crippen LogP contribution in [-0.4, -0.2) is 15.1 Å². The highest BCUT2D eigenvalue weighted by atomic mass is 32.1. The van der Waals surface area contributed by atoms with Gasteiger partial charge in [-0.25, -0.2) is 0 Å². The number of hydrogen-bond acceptors (Lipinski definition) is 5. The van der Waals surface area contributed by atoms with Gasteiger partial charge in [0.05, 0.1) is 10.4 Å². The Hall–Kier alpha value is -2.39. The van der Waals surface area contributed by atoms with E-state index in [1.165, 1.54) is 0 Å². The fourth-order valence-corrected chi connectivity index (χ4v) is 2.08. The first-order chi connectivity index (χ1) is 8.36. The van der Waals surface area contributed by atoms with Crippen molar-refractivity contribution in [2.24, 2.45) is 0 Å². The average molecular weight is 242 g/mol. The fraction of sp³-hybridized carbons (Fsp3) is 0. The molecule has 0 aromatic carbocycles. The Morgan fingerprint density at radius 2 is 2.41 bits per heavy atom. The lowest BCUT2D eigenvalue weighted by Gasteiger charge is -1.83. The van der Waals surface area contributed by atoms with E-state index in [9.17, 15) is 0 Å². The average Bonchev–Trinajstić information content (AvgIpc) is 3.09. The predicted octanol–water partition coefficient (Wildman–Crippen LogP) is 2.66. The van der Waals surface area contributed by atoms with Crippen LogP contribution < -0.4 is 0 Å². The molecule has 0 aliphatic carbocycles. The van der Waals surface area contributed by atoms with Gasteiger partial charge >= 0.3 is 0 Å². The van der Waals surface area contributed by atoms with Crippen molar-refractivity contribution in [3.8, 4) is 28.2 Å². The first-order valence-electron chi connectivity index (χ1n) is 4.83. The van der Waals surface area contributed by atoms with Crippen molar-refractivity contribution in [1.82, 2.24) is 15.1 Å². The van der Waals surface area contributed by atoms with Gasteiger partial charge < -0.3 is 9.51 Å². The minimum Gasteiger partial charge on any atom is -0.352 e. The molecule has 0 radical (unpaired) electrons. The first-order valence-corrected chi connectivity index (χ1v) is 5.71. The van der Waals surface area contributed by atoms with Crippen LogP contribution in [-0.2, 0) is 0 Å². The lowest BCUT2D eigenvalue weighted by molar-refractivity contribution is 0.432. The number of nitrogens with one attached hydrogen (secondary N) is 1. The van der Waals surface area contributed by atoms with Crippen LogP contribution in [0.5, 0.6) is 0 Å². The largest absolute Gasteiger partial charge is 0.352 e. The molecular formula is C11H6N4OS. The topological polar surface area (TPSA) is 78.5 Å². The predicted molar refractivity (Wildman–Crippen MR) is 62.1 cm³/mol. The van der Waals surface area contributed by atoms with Crippen molar-refractivity contribution >= 4 is 11.3 Å². The second-order valence-corrected chi connectivity index (χ2v) is 4.26. The Kier molecular flexibility index (Phi) is 2.24. The van der Waals surface area contributed by atoms with Crippen LogP contribution in [0.1, 0.15) is 5.69 Å². The van der Waals surface area contributed by atoms with Crippen molar-refractivity contribution in [3.05, 3.63) is 35.5 Å². The van der Waals surface area contributed by atoms with Crippen LogP contribution in [0.25, 0.3) is 22.2 Å². The summed E-state index contributed by atoms with van der Waals surface area (Å²) >= 11 is 1.55. The maximum Gasteiger partial charge on any atom is 0.259 e. The summed E-state index contributed by atoms with van der Waals surface area (Å²) in [4.78, 5) is 8.04. The molecule has 0 bridgehead atoms. The third-order valence-electron chi connectivity index (χ3n) is 2.22. The molecular weight excluding hydrogens is 236 g/mol. The molecule has 3 aromatic rings. The van der Waals surface area contributed by atoms with Gasteiger partial charge in [0.15, 0.2) is 0 Å². The summed E-state index contributed by atoms with van der Waals surface area (Å²) in [6.45, 7) is 0. The van der Waals surface area contributed by atoms with Crippen LogP contribution >= 0.6 is 11.3 Å². The zero-order valence-corrected chi connectivity index (χ0v) is 9.36. The van der Waals surface area contributed by atoms with E-state index in [4.69, 9.17) is 9.78 Å². The molecule has 0 atom stereocenters. The van der Waals surface area contributed by atoms with Gasteiger partial charge in [0.1, 0.15) is 11.8 Å². The van der Waals surface area contributed by atoms with E-state index in [0.29, 0.717) is 17.4 Å². The molecule has 0 saturated heterocycles. The molecule has 3 heterocycles. The van der Waals surface area contributed by atoms with E-state index in [1.54, 1.807) is 23.6 Å². The van der Waals surface area contributed by atoms with Gasteiger partial charge in [-0.15, -0.1) is 11.3 Å². The fourth-order valence-electron chi connectivity index (χ4n) is 1.43. The van der Waals surface area contributed by atoms with Crippen LogP contribution in [0.2, 0.25) is 0 Å². The molecule has 0 spiro atoms. The second-order valence-electron chi connectivity index (χ2n) is 3.31. The number of hydrogen-bond donors (Lipinski definition) is 1. The van der Waals surface area contributed by atoms with E-state index < -0.39 is 0 Å². The van der Waals surface area contributed by atoms with Gasteiger partial charge in [0.2, 0.25) is 5.82 Å². The summed E-state index contributed by atoms with van der Waals surface area (Å²) < 4.78 is 5.15. The molecule has 82 valence electrons. The maximum absolute atomic E-state index is 8.71. The maximum atomic E-state index is 8.71. The summed E-state index contributed by atoms with van der Waals surface area (Å²) in [5, 5.41) is 14.6. The van der Waals surface area contributed by atoms with E-state index >= 15 is 0 Å². The molecule has 17 heavy (non-hydrogen) atoms. The Balaban J connectivity index is 1.98. The molecule has 0 aliphatic rings. The summed E-state index contributed by atoms with van der Waals surface area (Å²) in [7, 11) is 0. The second kappa shape index (κ2) is 3.88. The Bertz CT molecular complexity index is 674. The third kappa shape index (κ3) is 1.73. The van der Waals surface area contributed by atoms with Crippen molar-refractivity contribution in [1.29, 1.82) is 5.26 Å². The van der Waals surface area contributed by atoms with Crippen LogP contribution in [0, 0.1) is 11.3 Å². The standard InChI is InChI=1S/C11H6N4OS/c12-5-8-4-7(6-13-8)11-14-10(15-16-11)9-2-1-3-17-9/h1-4,6,13H. The summed E-state index contributed by atoms with van der Waals surface area (Å²) in [5.41, 5.74) is 1.19. The lowest BCUT2D eigenvalue weighted by Crippen LogP contribution is -1.75. The number of rotatable bonds is 2. The molecule has 0 unspecified atom stereocenters. The normalized spacial score (nSPS) is 10.3. The van der Waals surface area contributed by atoms with Crippen LogP contribution in [0.3, 0.4) is 0 Å². The monoisotopic (exact) mass is 242 g/mol. The SMILES string of the molecule is N#Cc1cc(-c2nc(-c3cccs3)no2)c[nH]1. The van der Waals surface area contributed by atoms with Crippen molar-refractivity contribution in [2.75, 3.05) is 0 Å². The zero-order chi connectivity index (χ0) is 11.7. The molecule has 6 heteroatoms. The number of aromatic amines is 1. The third-order valence-corrected chi connectivity index (χ3v) is 3.08. The van der Waals surface area contributed by atoms with E-state index in [0.717, 1.165) is 10.4 Å². The van der Waals surface area contributed by atoms with Crippen LogP contribution in [0.15, 0.2) is 34.3 Å². The molecule has 0 fully saturated rings. The number of H-pyrrole nitrogens is 1. The summed E-state index contributed by atoms with van der Waals surface area (Å²) in [6.07, 6.45) is 1.67. The van der Waals surface area contributed by atoms with E-state index in [-0.39, 0.29) is 0 Å². The van der Waals surface area contributed by atoms with E-state index in [1.807, 2.05) is 23.6 Å². The van der Waals surface area contributed by atoms with Gasteiger partial charge in [-0.05, 0) is 17.5 Å². The zero-order valence-electron chi connectivity index (χ0n) is 8.54. The lowest BCUT2D eigenvalue weighted by atomic mass is 10.3. The van der Waals surface area contributed by atoms with Gasteiger partial charge in [0.25, 0.3) is 5.89 Å². The Labute approximate surface area is 100 Å². The molecule has 0 aliphatic heterocycles. The summed E-state index contributed by atoms with van der Waals surface area (Å²) in [5.74, 6) is 0.973. The molecule has 3 aromatic heterocycles. The van der Waals surface area contributed by atoms with E-state index in [2.05, 4.69) is 15.1 Å². The Morgan fingerprint density at radius 1 is 1.47 bits per heavy atom. The van der Waals surface area contributed by atoms with Crippen molar-refractivity contribution in [3.63, 3.8) is 0 Å². The van der Waals surface area contributed by atoms with Crippen LogP contribution in [0.4, 0.5) is 0 Å². The number of nitriles is 1. The highest BCUT2D eigenvalue weighted by Crippen LogP contribution is 2.25. The number of nitrogens with zero attached hydrogens (tertiary/aromatic N) is 3. The van der Waals surface area contributed by atoms with Crippen molar-refractivity contribution in [2.45, 2.75) is 0 Å². The molecule has 5 nitrogen and oxygen atoms in total. The quantitative estimate of drug-likeness (QED) is 0.749. The number of thiophene rings is 1. The minimum atomic E-state index is 0.408. The van der Waals surface area contributed by atoms with Gasteiger partial charge in [-0.2, -0.15) is 10.2 Å². The van der Waals surface area contributed by atoms with Gasteiger partial charge in [0, 0.05) is 6.20 Å². The smallest absolute Gasteiger partial charge is 0.259 e. The van der Waals surface area contributed by atoms with Gasteiger partial charge in [-0.3, -0.25) is 0 Å². The van der Waals surface area contributed by atoms with Gasteiger partial charge in [-0.1, -0.05) is 11.2 Å². The molecule has 0 saturated carbocycles. The minimum absolute atomic E-state index is 0.408. The molecule has 0 amide bonds. The number of aromatic nitrogens is 3. The summed E-state index contributed by atoms with van der Waals surface area (Å²) in [6, 6.07) is 7.54.